The Morgan fingerprint density at radius 2 is 1.62 bits per heavy atom. The van der Waals surface area contributed by atoms with Gasteiger partial charge >= 0.3 is 0 Å². The number of nitrogens with zero attached hydrogens (tertiary/aromatic N) is 4. The largest absolute Gasteiger partial charge is 0.352 e. The summed E-state index contributed by atoms with van der Waals surface area (Å²) in [4.78, 5) is 25.7. The lowest BCUT2D eigenvalue weighted by molar-refractivity contribution is -0.121. The van der Waals surface area contributed by atoms with Crippen LogP contribution in [0.25, 0.3) is 16.7 Å². The number of aromatic nitrogens is 4. The van der Waals surface area contributed by atoms with Crippen molar-refractivity contribution in [2.24, 2.45) is 0 Å². The number of aryl methyl sites for hydroxylation is 1. The summed E-state index contributed by atoms with van der Waals surface area (Å²) in [6, 6.07) is 23.0. The van der Waals surface area contributed by atoms with Gasteiger partial charge in [0, 0.05) is 19.4 Å². The van der Waals surface area contributed by atoms with E-state index in [2.05, 4.69) is 15.5 Å². The van der Waals surface area contributed by atoms with Gasteiger partial charge in [-0.15, -0.1) is 10.2 Å². The zero-order chi connectivity index (χ0) is 23.5. The predicted octanol–water partition coefficient (Wildman–Crippen LogP) is 3.48. The molecule has 0 unspecified atom stereocenters. The molecule has 5 rings (SSSR count). The topological polar surface area (TPSA) is 81.3 Å². The summed E-state index contributed by atoms with van der Waals surface area (Å²) in [5, 5.41) is 12.0. The van der Waals surface area contributed by atoms with Crippen molar-refractivity contribution in [3.8, 4) is 0 Å². The minimum atomic E-state index is -0.338. The molecule has 0 aliphatic rings. The monoisotopic (exact) mass is 455 g/mol. The summed E-state index contributed by atoms with van der Waals surface area (Å²) in [7, 11) is 0. The fourth-order valence-electron chi connectivity index (χ4n) is 4.00. The molecule has 0 aliphatic carbocycles. The Morgan fingerprint density at radius 3 is 2.41 bits per heavy atom. The quantitative estimate of drug-likeness (QED) is 0.407. The zero-order valence-corrected chi connectivity index (χ0v) is 18.3. The highest BCUT2D eigenvalue weighted by molar-refractivity contribution is 5.80. The molecule has 1 amide bonds. The average Bonchev–Trinajstić information content (AvgIpc) is 3.30. The van der Waals surface area contributed by atoms with Crippen LogP contribution >= 0.6 is 0 Å². The van der Waals surface area contributed by atoms with E-state index < -0.39 is 0 Å². The number of benzene rings is 3. The average molecular weight is 455 g/mol. The summed E-state index contributed by atoms with van der Waals surface area (Å²) < 4.78 is 16.7. The molecule has 0 spiro atoms. The van der Waals surface area contributed by atoms with Gasteiger partial charge in [-0.2, -0.15) is 0 Å². The molecular formula is C26H22FN5O2. The molecule has 3 aromatic carbocycles. The molecule has 2 aromatic heterocycles. The van der Waals surface area contributed by atoms with Crippen molar-refractivity contribution in [1.82, 2.24) is 24.5 Å². The normalized spacial score (nSPS) is 11.2. The van der Waals surface area contributed by atoms with Crippen LogP contribution in [-0.2, 0) is 24.3 Å². The molecule has 34 heavy (non-hydrogen) atoms. The number of halogens is 1. The lowest BCUT2D eigenvalue weighted by atomic mass is 10.2. The maximum atomic E-state index is 13.3. The Kier molecular flexibility index (Phi) is 5.86. The Labute approximate surface area is 194 Å². The molecule has 0 aliphatic heterocycles. The van der Waals surface area contributed by atoms with Gasteiger partial charge in [-0.25, -0.2) is 4.39 Å². The number of nitrogens with one attached hydrogen (secondary N) is 1. The van der Waals surface area contributed by atoms with Crippen molar-refractivity contribution in [3.05, 3.63) is 112 Å². The van der Waals surface area contributed by atoms with Gasteiger partial charge in [0.15, 0.2) is 0 Å². The van der Waals surface area contributed by atoms with Crippen molar-refractivity contribution < 1.29 is 9.18 Å². The summed E-state index contributed by atoms with van der Waals surface area (Å²) in [6.45, 7) is 0.684. The lowest BCUT2D eigenvalue weighted by Gasteiger charge is -2.12. The second-order valence-corrected chi connectivity index (χ2v) is 8.05. The van der Waals surface area contributed by atoms with Crippen LogP contribution in [0.4, 0.5) is 4.39 Å². The standard InChI is InChI=1S/C26H22FN5O2/c27-20-12-10-19(11-13-20)17-31-25(34)21-8-4-5-9-22(21)32-23(29-30-26(31)32)14-15-24(33)28-16-18-6-2-1-3-7-18/h1-13H,14-17H2,(H,28,33). The number of hydrogen-bond donors (Lipinski definition) is 1. The molecule has 7 nitrogen and oxygen atoms in total. The first-order chi connectivity index (χ1) is 16.6. The van der Waals surface area contributed by atoms with Crippen molar-refractivity contribution in [3.63, 3.8) is 0 Å². The summed E-state index contributed by atoms with van der Waals surface area (Å²) in [6.07, 6.45) is 0.597. The summed E-state index contributed by atoms with van der Waals surface area (Å²) in [5.41, 5.74) is 2.28. The van der Waals surface area contributed by atoms with Gasteiger partial charge in [0.25, 0.3) is 5.56 Å². The number of para-hydroxylation sites is 1. The van der Waals surface area contributed by atoms with Crippen LogP contribution in [0.2, 0.25) is 0 Å². The molecule has 0 bridgehead atoms. The number of carbonyl (C=O) groups is 1. The van der Waals surface area contributed by atoms with Crippen LogP contribution in [-0.4, -0.2) is 25.1 Å². The van der Waals surface area contributed by atoms with Gasteiger partial charge in [0.05, 0.1) is 17.4 Å². The van der Waals surface area contributed by atoms with E-state index in [1.807, 2.05) is 46.9 Å². The minimum absolute atomic E-state index is 0.0930. The lowest BCUT2D eigenvalue weighted by Crippen LogP contribution is -2.25. The van der Waals surface area contributed by atoms with Crippen molar-refractivity contribution >= 4 is 22.6 Å². The molecule has 0 saturated heterocycles. The van der Waals surface area contributed by atoms with Crippen LogP contribution < -0.4 is 10.9 Å². The van der Waals surface area contributed by atoms with Crippen LogP contribution in [0.15, 0.2) is 83.7 Å². The Balaban J connectivity index is 1.45. The minimum Gasteiger partial charge on any atom is -0.352 e. The predicted molar refractivity (Wildman–Crippen MR) is 127 cm³/mol. The summed E-state index contributed by atoms with van der Waals surface area (Å²) in [5.74, 6) is 0.543. The maximum absolute atomic E-state index is 13.3. The van der Waals surface area contributed by atoms with Gasteiger partial charge in [-0.05, 0) is 35.4 Å². The Hall–Kier alpha value is -4.33. The van der Waals surface area contributed by atoms with Gasteiger partial charge in [-0.3, -0.25) is 18.6 Å². The third-order valence-corrected chi connectivity index (χ3v) is 5.74. The highest BCUT2D eigenvalue weighted by Crippen LogP contribution is 2.17. The first-order valence-corrected chi connectivity index (χ1v) is 11.0. The molecule has 0 fully saturated rings. The van der Waals surface area contributed by atoms with E-state index in [1.165, 1.54) is 16.7 Å². The number of carbonyl (C=O) groups excluding carboxylic acids is 1. The first kappa shape index (κ1) is 21.5. The van der Waals surface area contributed by atoms with E-state index in [-0.39, 0.29) is 30.2 Å². The van der Waals surface area contributed by atoms with Gasteiger partial charge in [-0.1, -0.05) is 54.6 Å². The van der Waals surface area contributed by atoms with Crippen LogP contribution in [0.3, 0.4) is 0 Å². The molecule has 8 heteroatoms. The molecule has 5 aromatic rings. The molecule has 1 N–H and O–H groups in total. The van der Waals surface area contributed by atoms with E-state index in [0.717, 1.165) is 11.1 Å². The third-order valence-electron chi connectivity index (χ3n) is 5.74. The van der Waals surface area contributed by atoms with Crippen LogP contribution in [0.5, 0.6) is 0 Å². The SMILES string of the molecule is O=C(CCc1nnc2n(Cc3ccc(F)cc3)c(=O)c3ccccc3n12)NCc1ccccc1. The number of fused-ring (bicyclic) bond motifs is 3. The highest BCUT2D eigenvalue weighted by Gasteiger charge is 2.17. The van der Waals surface area contributed by atoms with E-state index in [9.17, 15) is 14.0 Å². The highest BCUT2D eigenvalue weighted by atomic mass is 19.1. The second-order valence-electron chi connectivity index (χ2n) is 8.05. The van der Waals surface area contributed by atoms with Crippen molar-refractivity contribution in [2.45, 2.75) is 25.9 Å². The fourth-order valence-corrected chi connectivity index (χ4v) is 4.00. The van der Waals surface area contributed by atoms with Gasteiger partial charge < -0.3 is 5.32 Å². The second kappa shape index (κ2) is 9.27. The molecule has 0 saturated carbocycles. The molecule has 170 valence electrons. The van der Waals surface area contributed by atoms with Gasteiger partial charge in [0.2, 0.25) is 11.7 Å². The van der Waals surface area contributed by atoms with Crippen molar-refractivity contribution in [1.29, 1.82) is 0 Å². The van der Waals surface area contributed by atoms with Crippen LogP contribution in [0, 0.1) is 5.82 Å². The molecule has 2 heterocycles. The van der Waals surface area contributed by atoms with Crippen molar-refractivity contribution in [2.75, 3.05) is 0 Å². The van der Waals surface area contributed by atoms with E-state index in [1.54, 1.807) is 24.3 Å². The number of rotatable bonds is 7. The zero-order valence-electron chi connectivity index (χ0n) is 18.3. The third kappa shape index (κ3) is 4.30. The Morgan fingerprint density at radius 1 is 0.882 bits per heavy atom. The van der Waals surface area contributed by atoms with E-state index in [0.29, 0.717) is 35.5 Å². The molecule has 0 atom stereocenters. The first-order valence-electron chi connectivity index (χ1n) is 11.0. The van der Waals surface area contributed by atoms with E-state index in [4.69, 9.17) is 0 Å². The number of hydrogen-bond acceptors (Lipinski definition) is 4. The van der Waals surface area contributed by atoms with E-state index >= 15 is 0 Å². The smallest absolute Gasteiger partial charge is 0.263 e. The van der Waals surface area contributed by atoms with Crippen LogP contribution in [0.1, 0.15) is 23.4 Å². The fraction of sp³-hybridized carbons (Fsp3) is 0.154. The maximum Gasteiger partial charge on any atom is 0.263 e. The number of amides is 1. The Bertz CT molecular complexity index is 1520. The van der Waals surface area contributed by atoms with Gasteiger partial charge in [0.1, 0.15) is 11.6 Å². The molecular weight excluding hydrogens is 433 g/mol. The molecule has 0 radical (unpaired) electrons. The summed E-state index contributed by atoms with van der Waals surface area (Å²) >= 11 is 0.